The first-order valence-electron chi connectivity index (χ1n) is 6.21. The Morgan fingerprint density at radius 1 is 1.26 bits per heavy atom. The van der Waals surface area contributed by atoms with Gasteiger partial charge in [-0.25, -0.2) is 4.98 Å². The molecule has 2 rings (SSSR count). The number of nitrogens with zero attached hydrogens (tertiary/aromatic N) is 3. The average molecular weight is 258 g/mol. The molecule has 0 saturated heterocycles. The quantitative estimate of drug-likeness (QED) is 0.913. The highest BCUT2D eigenvalue weighted by Gasteiger charge is 2.12. The van der Waals surface area contributed by atoms with Crippen molar-refractivity contribution in [3.63, 3.8) is 0 Å². The molecule has 0 aliphatic rings. The van der Waals surface area contributed by atoms with Gasteiger partial charge in [-0.1, -0.05) is 19.9 Å². The highest BCUT2D eigenvalue weighted by atomic mass is 16.5. The van der Waals surface area contributed by atoms with Gasteiger partial charge >= 0.3 is 0 Å². The summed E-state index contributed by atoms with van der Waals surface area (Å²) in [6, 6.07) is 6.07. The molecule has 0 atom stereocenters. The van der Waals surface area contributed by atoms with E-state index in [-0.39, 0.29) is 0 Å². The molecule has 100 valence electrons. The topological polar surface area (TPSA) is 59.9 Å². The molecule has 1 aromatic heterocycles. The molecule has 0 aliphatic heterocycles. The fourth-order valence-electron chi connectivity index (χ4n) is 1.79. The van der Waals surface area contributed by atoms with E-state index in [1.165, 1.54) is 5.56 Å². The second-order valence-corrected chi connectivity index (χ2v) is 4.53. The number of hydrogen-bond donors (Lipinski definition) is 1. The standard InChI is InChI=1S/C14H18N4O/c1-9(2)10-5-6-11(12(7-10)19-4)14-17-13(15-3)8-16-18-14/h5-9H,1-4H3,(H,15,17,18). The fourth-order valence-corrected chi connectivity index (χ4v) is 1.79. The first-order valence-corrected chi connectivity index (χ1v) is 6.21. The number of benzene rings is 1. The lowest BCUT2D eigenvalue weighted by molar-refractivity contribution is 0.415. The Morgan fingerprint density at radius 3 is 2.68 bits per heavy atom. The van der Waals surface area contributed by atoms with Crippen LogP contribution in [0, 0.1) is 0 Å². The first kappa shape index (κ1) is 13.3. The van der Waals surface area contributed by atoms with Gasteiger partial charge in [-0.15, -0.1) is 5.10 Å². The molecule has 1 aromatic carbocycles. The van der Waals surface area contributed by atoms with Crippen LogP contribution in [0.2, 0.25) is 0 Å². The summed E-state index contributed by atoms with van der Waals surface area (Å²) in [5.41, 5.74) is 2.06. The Labute approximate surface area is 113 Å². The van der Waals surface area contributed by atoms with Crippen molar-refractivity contribution < 1.29 is 4.74 Å². The van der Waals surface area contributed by atoms with Crippen LogP contribution in [0.4, 0.5) is 5.82 Å². The van der Waals surface area contributed by atoms with E-state index in [4.69, 9.17) is 4.74 Å². The highest BCUT2D eigenvalue weighted by molar-refractivity contribution is 5.65. The lowest BCUT2D eigenvalue weighted by Gasteiger charge is -2.11. The zero-order chi connectivity index (χ0) is 13.8. The second kappa shape index (κ2) is 5.65. The van der Waals surface area contributed by atoms with E-state index >= 15 is 0 Å². The summed E-state index contributed by atoms with van der Waals surface area (Å²) in [7, 11) is 3.45. The van der Waals surface area contributed by atoms with Crippen LogP contribution < -0.4 is 10.1 Å². The highest BCUT2D eigenvalue weighted by Crippen LogP contribution is 2.30. The predicted molar refractivity (Wildman–Crippen MR) is 75.5 cm³/mol. The van der Waals surface area contributed by atoms with Gasteiger partial charge in [0.15, 0.2) is 5.82 Å². The number of hydrogen-bond acceptors (Lipinski definition) is 5. The third-order valence-corrected chi connectivity index (χ3v) is 2.95. The van der Waals surface area contributed by atoms with E-state index < -0.39 is 0 Å². The molecule has 19 heavy (non-hydrogen) atoms. The van der Waals surface area contributed by atoms with Crippen LogP contribution in [-0.2, 0) is 0 Å². The normalized spacial score (nSPS) is 10.6. The molecule has 0 unspecified atom stereocenters. The van der Waals surface area contributed by atoms with Gasteiger partial charge in [0, 0.05) is 7.05 Å². The van der Waals surface area contributed by atoms with E-state index in [0.717, 1.165) is 11.3 Å². The van der Waals surface area contributed by atoms with Gasteiger partial charge in [-0.2, -0.15) is 5.10 Å². The minimum Gasteiger partial charge on any atom is -0.496 e. The third kappa shape index (κ3) is 2.81. The molecule has 0 amide bonds. The molecule has 0 bridgehead atoms. The van der Waals surface area contributed by atoms with Crippen molar-refractivity contribution in [2.24, 2.45) is 0 Å². The van der Waals surface area contributed by atoms with Gasteiger partial charge < -0.3 is 10.1 Å². The van der Waals surface area contributed by atoms with Crippen LogP contribution in [0.3, 0.4) is 0 Å². The Bertz CT molecular complexity index is 569. The second-order valence-electron chi connectivity index (χ2n) is 4.53. The number of nitrogens with one attached hydrogen (secondary N) is 1. The number of aromatic nitrogens is 3. The third-order valence-electron chi connectivity index (χ3n) is 2.95. The number of anilines is 1. The molecule has 0 spiro atoms. The van der Waals surface area contributed by atoms with Crippen molar-refractivity contribution in [2.75, 3.05) is 19.5 Å². The van der Waals surface area contributed by atoms with E-state index in [0.29, 0.717) is 17.6 Å². The molecule has 2 aromatic rings. The molecule has 0 saturated carbocycles. The van der Waals surface area contributed by atoms with E-state index in [9.17, 15) is 0 Å². The van der Waals surface area contributed by atoms with Crippen LogP contribution in [-0.4, -0.2) is 29.3 Å². The molecule has 0 aliphatic carbocycles. The number of rotatable bonds is 4. The van der Waals surface area contributed by atoms with Gasteiger partial charge in [0.05, 0.1) is 18.9 Å². The minimum atomic E-state index is 0.450. The maximum Gasteiger partial charge on any atom is 0.187 e. The van der Waals surface area contributed by atoms with Gasteiger partial charge in [-0.05, 0) is 23.6 Å². The van der Waals surface area contributed by atoms with Crippen molar-refractivity contribution >= 4 is 5.82 Å². The minimum absolute atomic E-state index is 0.450. The SMILES string of the molecule is CNc1cnnc(-c2ccc(C(C)C)cc2OC)n1. The van der Waals surface area contributed by atoms with E-state index in [1.54, 1.807) is 20.4 Å². The summed E-state index contributed by atoms with van der Waals surface area (Å²) in [6.45, 7) is 4.29. The molecular weight excluding hydrogens is 240 g/mol. The van der Waals surface area contributed by atoms with Gasteiger partial charge in [-0.3, -0.25) is 0 Å². The maximum atomic E-state index is 5.44. The number of methoxy groups -OCH3 is 1. The summed E-state index contributed by atoms with van der Waals surface area (Å²) in [5.74, 6) is 2.45. The smallest absolute Gasteiger partial charge is 0.187 e. The van der Waals surface area contributed by atoms with E-state index in [2.05, 4.69) is 40.4 Å². The van der Waals surface area contributed by atoms with Crippen molar-refractivity contribution in [1.29, 1.82) is 0 Å². The Morgan fingerprint density at radius 2 is 2.05 bits per heavy atom. The molecule has 1 N–H and O–H groups in total. The monoisotopic (exact) mass is 258 g/mol. The predicted octanol–water partition coefficient (Wildman–Crippen LogP) is 2.71. The maximum absolute atomic E-state index is 5.44. The zero-order valence-electron chi connectivity index (χ0n) is 11.6. The van der Waals surface area contributed by atoms with Crippen LogP contribution in [0.5, 0.6) is 5.75 Å². The van der Waals surface area contributed by atoms with Crippen molar-refractivity contribution in [1.82, 2.24) is 15.2 Å². The van der Waals surface area contributed by atoms with E-state index in [1.807, 2.05) is 12.1 Å². The van der Waals surface area contributed by atoms with Crippen LogP contribution >= 0.6 is 0 Å². The molecular formula is C14H18N4O. The van der Waals surface area contributed by atoms with Crippen LogP contribution in [0.15, 0.2) is 24.4 Å². The fraction of sp³-hybridized carbons (Fsp3) is 0.357. The Hall–Kier alpha value is -2.17. The largest absolute Gasteiger partial charge is 0.496 e. The van der Waals surface area contributed by atoms with Crippen molar-refractivity contribution in [2.45, 2.75) is 19.8 Å². The van der Waals surface area contributed by atoms with Gasteiger partial charge in [0.2, 0.25) is 0 Å². The van der Waals surface area contributed by atoms with Crippen molar-refractivity contribution in [3.8, 4) is 17.1 Å². The molecule has 0 fully saturated rings. The first-order chi connectivity index (χ1) is 9.15. The summed E-state index contributed by atoms with van der Waals surface area (Å²) < 4.78 is 5.44. The van der Waals surface area contributed by atoms with Crippen LogP contribution in [0.25, 0.3) is 11.4 Å². The molecule has 1 heterocycles. The van der Waals surface area contributed by atoms with Crippen LogP contribution in [0.1, 0.15) is 25.3 Å². The summed E-state index contributed by atoms with van der Waals surface area (Å²) in [4.78, 5) is 4.38. The van der Waals surface area contributed by atoms with Gasteiger partial charge in [0.1, 0.15) is 11.6 Å². The lowest BCUT2D eigenvalue weighted by Crippen LogP contribution is -2.00. The summed E-state index contributed by atoms with van der Waals surface area (Å²) in [5, 5.41) is 10.9. The number of ether oxygens (including phenoxy) is 1. The molecule has 5 heteroatoms. The average Bonchev–Trinajstić information content (AvgIpc) is 2.46. The Balaban J connectivity index is 2.49. The summed E-state index contributed by atoms with van der Waals surface area (Å²) >= 11 is 0. The summed E-state index contributed by atoms with van der Waals surface area (Å²) in [6.07, 6.45) is 1.58. The van der Waals surface area contributed by atoms with Crippen molar-refractivity contribution in [3.05, 3.63) is 30.0 Å². The zero-order valence-corrected chi connectivity index (χ0v) is 11.6. The van der Waals surface area contributed by atoms with Gasteiger partial charge in [0.25, 0.3) is 0 Å². The Kier molecular flexibility index (Phi) is 3.94. The lowest BCUT2D eigenvalue weighted by atomic mass is 10.0. The molecule has 0 radical (unpaired) electrons. The molecule has 5 nitrogen and oxygen atoms in total.